The highest BCUT2D eigenvalue weighted by Crippen LogP contribution is 1.93. The van der Waals surface area contributed by atoms with Gasteiger partial charge < -0.3 is 10.6 Å². The van der Waals surface area contributed by atoms with Gasteiger partial charge in [-0.2, -0.15) is 0 Å². The average molecular weight is 284 g/mol. The van der Waals surface area contributed by atoms with Crippen LogP contribution in [0.3, 0.4) is 0 Å². The Bertz CT molecular complexity index is 219. The van der Waals surface area contributed by atoms with Gasteiger partial charge in [-0.05, 0) is 39.3 Å². The van der Waals surface area contributed by atoms with Gasteiger partial charge in [-0.25, -0.2) is 0 Å². The molecule has 0 saturated heterocycles. The smallest absolute Gasteiger partial charge is 0.246 e. The second kappa shape index (κ2) is 18.2. The van der Waals surface area contributed by atoms with E-state index < -0.39 is 0 Å². The van der Waals surface area contributed by atoms with Crippen LogP contribution in [0.1, 0.15) is 72.6 Å². The lowest BCUT2D eigenvalue weighted by molar-refractivity contribution is -0.117. The van der Waals surface area contributed by atoms with E-state index in [9.17, 15) is 4.79 Å². The van der Waals surface area contributed by atoms with Crippen molar-refractivity contribution in [2.75, 3.05) is 19.6 Å². The number of carbonyl (C=O) groups is 1. The summed E-state index contributed by atoms with van der Waals surface area (Å²) in [7, 11) is 0. The van der Waals surface area contributed by atoms with E-state index in [0.29, 0.717) is 5.57 Å². The first-order valence-corrected chi connectivity index (χ1v) is 8.24. The second-order valence-electron chi connectivity index (χ2n) is 5.20. The van der Waals surface area contributed by atoms with E-state index in [1.807, 2.05) is 6.92 Å². The third-order valence-corrected chi connectivity index (χ3v) is 2.84. The molecule has 2 N–H and O–H groups in total. The highest BCUT2D eigenvalue weighted by Gasteiger charge is 1.96. The molecule has 0 aliphatic carbocycles. The highest BCUT2D eigenvalue weighted by molar-refractivity contribution is 5.91. The number of rotatable bonds is 11. The summed E-state index contributed by atoms with van der Waals surface area (Å²) in [5.41, 5.74) is 0.573. The normalized spacial score (nSPS) is 9.60. The Kier molecular flexibility index (Phi) is 19.5. The summed E-state index contributed by atoms with van der Waals surface area (Å²) in [5, 5.41) is 6.15. The van der Waals surface area contributed by atoms with E-state index in [0.717, 1.165) is 13.0 Å². The molecule has 20 heavy (non-hydrogen) atoms. The molecule has 0 fully saturated rings. The van der Waals surface area contributed by atoms with Crippen molar-refractivity contribution in [3.05, 3.63) is 12.2 Å². The molecule has 0 aliphatic rings. The van der Waals surface area contributed by atoms with E-state index in [-0.39, 0.29) is 5.91 Å². The molecule has 3 heteroatoms. The topological polar surface area (TPSA) is 41.1 Å². The van der Waals surface area contributed by atoms with Crippen LogP contribution in [-0.2, 0) is 4.79 Å². The molecule has 0 aromatic rings. The maximum Gasteiger partial charge on any atom is 0.246 e. The van der Waals surface area contributed by atoms with Crippen molar-refractivity contribution < 1.29 is 4.79 Å². The Morgan fingerprint density at radius 1 is 0.850 bits per heavy atom. The van der Waals surface area contributed by atoms with Gasteiger partial charge in [0.2, 0.25) is 5.91 Å². The van der Waals surface area contributed by atoms with E-state index in [1.165, 1.54) is 51.6 Å². The lowest BCUT2D eigenvalue weighted by atomic mass is 10.2. The molecule has 0 unspecified atom stereocenters. The lowest BCUT2D eigenvalue weighted by Crippen LogP contribution is -2.24. The SMILES string of the molecule is C=C(C)C(=O)NCCC.CCCCCNCCCCC. The minimum absolute atomic E-state index is 0.0446. The zero-order valence-electron chi connectivity index (χ0n) is 14.2. The first-order valence-electron chi connectivity index (χ1n) is 8.24. The fourth-order valence-corrected chi connectivity index (χ4v) is 1.51. The van der Waals surface area contributed by atoms with Crippen molar-refractivity contribution in [2.45, 2.75) is 72.6 Å². The summed E-state index contributed by atoms with van der Waals surface area (Å²) in [6, 6.07) is 0. The Morgan fingerprint density at radius 3 is 1.70 bits per heavy atom. The van der Waals surface area contributed by atoms with Crippen molar-refractivity contribution in [2.24, 2.45) is 0 Å². The molecule has 1 amide bonds. The van der Waals surface area contributed by atoms with Gasteiger partial charge in [0, 0.05) is 12.1 Å². The molecule has 0 atom stereocenters. The zero-order valence-corrected chi connectivity index (χ0v) is 14.2. The van der Waals surface area contributed by atoms with Crippen LogP contribution in [-0.4, -0.2) is 25.5 Å². The van der Waals surface area contributed by atoms with Crippen LogP contribution in [0.4, 0.5) is 0 Å². The van der Waals surface area contributed by atoms with Crippen molar-refractivity contribution in [3.63, 3.8) is 0 Å². The molecule has 0 aliphatic heterocycles. The minimum Gasteiger partial charge on any atom is -0.352 e. The zero-order chi connectivity index (χ0) is 15.6. The van der Waals surface area contributed by atoms with Gasteiger partial charge in [0.15, 0.2) is 0 Å². The quantitative estimate of drug-likeness (QED) is 0.444. The number of hydrogen-bond acceptors (Lipinski definition) is 2. The van der Waals surface area contributed by atoms with Gasteiger partial charge >= 0.3 is 0 Å². The monoisotopic (exact) mass is 284 g/mol. The van der Waals surface area contributed by atoms with Crippen molar-refractivity contribution >= 4 is 5.91 Å². The van der Waals surface area contributed by atoms with Gasteiger partial charge in [0.1, 0.15) is 0 Å². The maximum absolute atomic E-state index is 10.7. The summed E-state index contributed by atoms with van der Waals surface area (Å²) in [5.74, 6) is -0.0446. The van der Waals surface area contributed by atoms with Gasteiger partial charge in [0.05, 0.1) is 0 Å². The molecule has 0 saturated carbocycles. The minimum atomic E-state index is -0.0446. The van der Waals surface area contributed by atoms with Gasteiger partial charge in [0.25, 0.3) is 0 Å². The fourth-order valence-electron chi connectivity index (χ4n) is 1.51. The predicted molar refractivity (Wildman–Crippen MR) is 90.0 cm³/mol. The number of nitrogens with one attached hydrogen (secondary N) is 2. The third kappa shape index (κ3) is 19.5. The fraction of sp³-hybridized carbons (Fsp3) is 0.824. The Labute approximate surface area is 126 Å². The summed E-state index contributed by atoms with van der Waals surface area (Å²) < 4.78 is 0. The Morgan fingerprint density at radius 2 is 1.35 bits per heavy atom. The molecule has 0 heterocycles. The van der Waals surface area contributed by atoms with Crippen LogP contribution in [0, 0.1) is 0 Å². The van der Waals surface area contributed by atoms with Gasteiger partial charge in [-0.1, -0.05) is 53.0 Å². The number of amides is 1. The number of unbranched alkanes of at least 4 members (excludes halogenated alkanes) is 4. The molecule has 0 aromatic carbocycles. The van der Waals surface area contributed by atoms with Crippen LogP contribution in [0.15, 0.2) is 12.2 Å². The largest absolute Gasteiger partial charge is 0.352 e. The highest BCUT2D eigenvalue weighted by atomic mass is 16.1. The number of hydrogen-bond donors (Lipinski definition) is 2. The van der Waals surface area contributed by atoms with E-state index in [4.69, 9.17) is 0 Å². The first-order chi connectivity index (χ1) is 9.59. The van der Waals surface area contributed by atoms with E-state index >= 15 is 0 Å². The average Bonchev–Trinajstić information content (AvgIpc) is 2.44. The summed E-state index contributed by atoms with van der Waals surface area (Å²) in [6.45, 7) is 14.9. The molecule has 3 nitrogen and oxygen atoms in total. The van der Waals surface area contributed by atoms with Gasteiger partial charge in [-0.3, -0.25) is 4.79 Å². The summed E-state index contributed by atoms with van der Waals surface area (Å²) >= 11 is 0. The maximum atomic E-state index is 10.7. The Balaban J connectivity index is 0. The first kappa shape index (κ1) is 21.5. The lowest BCUT2D eigenvalue weighted by Gasteiger charge is -2.02. The molecule has 120 valence electrons. The summed E-state index contributed by atoms with van der Waals surface area (Å²) in [6.07, 6.45) is 9.08. The van der Waals surface area contributed by atoms with Crippen LogP contribution in [0.5, 0.6) is 0 Å². The summed E-state index contributed by atoms with van der Waals surface area (Å²) in [4.78, 5) is 10.7. The van der Waals surface area contributed by atoms with Crippen LogP contribution < -0.4 is 10.6 Å². The predicted octanol–water partition coefficient (Wildman–Crippen LogP) is 4.05. The number of carbonyl (C=O) groups excluding carboxylic acids is 1. The molecular formula is C17H36N2O. The van der Waals surface area contributed by atoms with E-state index in [2.05, 4.69) is 31.1 Å². The van der Waals surface area contributed by atoms with Crippen molar-refractivity contribution in [3.8, 4) is 0 Å². The standard InChI is InChI=1S/C10H23N.C7H13NO/c1-3-5-7-9-11-10-8-6-4-2;1-4-5-8-7(9)6(2)3/h11H,3-10H2,1-2H3;2,4-5H2,1,3H3,(H,8,9). The third-order valence-electron chi connectivity index (χ3n) is 2.84. The molecule has 0 bridgehead atoms. The Hall–Kier alpha value is -0.830. The van der Waals surface area contributed by atoms with E-state index in [1.54, 1.807) is 6.92 Å². The van der Waals surface area contributed by atoms with Crippen molar-refractivity contribution in [1.82, 2.24) is 10.6 Å². The molecule has 0 aromatic heterocycles. The molecular weight excluding hydrogens is 248 g/mol. The van der Waals surface area contributed by atoms with Crippen molar-refractivity contribution in [1.29, 1.82) is 0 Å². The van der Waals surface area contributed by atoms with Crippen LogP contribution in [0.2, 0.25) is 0 Å². The van der Waals surface area contributed by atoms with Crippen LogP contribution >= 0.6 is 0 Å². The molecule has 0 spiro atoms. The van der Waals surface area contributed by atoms with Gasteiger partial charge in [-0.15, -0.1) is 0 Å². The van der Waals surface area contributed by atoms with Crippen LogP contribution in [0.25, 0.3) is 0 Å². The molecule has 0 radical (unpaired) electrons. The second-order valence-corrected chi connectivity index (χ2v) is 5.20. The molecule has 0 rings (SSSR count).